The standard InChI is InChI=1S/C21H30N6O5/c1-5-9-26(3)21(30)31-12-17-18(24-25-27(17)4)16-11-22-19(13(2)23-16)32-15-8-6-7-14(10-15)20(28)29/h11,14-15H,5-10,12H2,1-4H3,(H,28,29). The van der Waals surface area contributed by atoms with Gasteiger partial charge in [0.15, 0.2) is 0 Å². The van der Waals surface area contributed by atoms with Gasteiger partial charge in [-0.3, -0.25) is 4.79 Å². The maximum absolute atomic E-state index is 12.1. The lowest BCUT2D eigenvalue weighted by Gasteiger charge is -2.27. The Morgan fingerprint density at radius 2 is 2.12 bits per heavy atom. The van der Waals surface area contributed by atoms with Crippen LogP contribution >= 0.6 is 0 Å². The zero-order chi connectivity index (χ0) is 23.3. The molecular weight excluding hydrogens is 416 g/mol. The predicted octanol–water partition coefficient (Wildman–Crippen LogP) is 2.58. The molecular formula is C21H30N6O5. The summed E-state index contributed by atoms with van der Waals surface area (Å²) < 4.78 is 12.9. The van der Waals surface area contributed by atoms with Gasteiger partial charge in [0, 0.05) is 20.6 Å². The Morgan fingerprint density at radius 3 is 2.81 bits per heavy atom. The van der Waals surface area contributed by atoms with Gasteiger partial charge in [-0.25, -0.2) is 19.4 Å². The molecule has 0 aromatic carbocycles. The molecule has 0 saturated heterocycles. The van der Waals surface area contributed by atoms with E-state index in [1.807, 2.05) is 6.92 Å². The first-order valence-electron chi connectivity index (χ1n) is 10.8. The van der Waals surface area contributed by atoms with Crippen LogP contribution in [0.3, 0.4) is 0 Å². The van der Waals surface area contributed by atoms with Crippen LogP contribution in [0.1, 0.15) is 50.4 Å². The van der Waals surface area contributed by atoms with Crippen LogP contribution in [0, 0.1) is 12.8 Å². The van der Waals surface area contributed by atoms with E-state index in [0.29, 0.717) is 48.0 Å². The van der Waals surface area contributed by atoms with E-state index in [4.69, 9.17) is 9.47 Å². The van der Waals surface area contributed by atoms with Crippen LogP contribution in [0.4, 0.5) is 4.79 Å². The Kier molecular flexibility index (Phi) is 7.60. The number of carboxylic acids is 1. The molecule has 2 aromatic heterocycles. The summed E-state index contributed by atoms with van der Waals surface area (Å²) in [4.78, 5) is 33.9. The third-order valence-corrected chi connectivity index (χ3v) is 5.54. The minimum absolute atomic E-state index is 0.00332. The first kappa shape index (κ1) is 23.4. The summed E-state index contributed by atoms with van der Waals surface area (Å²) in [6.45, 7) is 4.37. The van der Waals surface area contributed by atoms with Crippen molar-refractivity contribution in [2.75, 3.05) is 13.6 Å². The second-order valence-electron chi connectivity index (χ2n) is 8.07. The molecule has 174 valence electrons. The van der Waals surface area contributed by atoms with Crippen molar-refractivity contribution in [2.45, 2.75) is 58.7 Å². The quantitative estimate of drug-likeness (QED) is 0.649. The van der Waals surface area contributed by atoms with Crippen LogP contribution in [0.2, 0.25) is 0 Å². The highest BCUT2D eigenvalue weighted by Crippen LogP contribution is 2.29. The summed E-state index contributed by atoms with van der Waals surface area (Å²) >= 11 is 0. The van der Waals surface area contributed by atoms with Crippen molar-refractivity contribution in [2.24, 2.45) is 13.0 Å². The summed E-state index contributed by atoms with van der Waals surface area (Å²) in [5, 5.41) is 17.5. The summed E-state index contributed by atoms with van der Waals surface area (Å²) in [5.41, 5.74) is 2.13. The number of carbonyl (C=O) groups excluding carboxylic acids is 1. The van der Waals surface area contributed by atoms with Crippen molar-refractivity contribution in [3.63, 3.8) is 0 Å². The summed E-state index contributed by atoms with van der Waals surface area (Å²) in [7, 11) is 3.40. The van der Waals surface area contributed by atoms with Gasteiger partial charge in [-0.15, -0.1) is 5.10 Å². The highest BCUT2D eigenvalue weighted by atomic mass is 16.6. The number of carbonyl (C=O) groups is 2. The SMILES string of the molecule is CCCN(C)C(=O)OCc1c(-c2cnc(OC3CCCC(C(=O)O)C3)c(C)n2)nnn1C. The minimum atomic E-state index is -0.784. The Labute approximate surface area is 186 Å². The molecule has 2 heterocycles. The fraction of sp³-hybridized carbons (Fsp3) is 0.619. The third-order valence-electron chi connectivity index (χ3n) is 5.54. The zero-order valence-corrected chi connectivity index (χ0v) is 18.9. The maximum Gasteiger partial charge on any atom is 0.409 e. The van der Waals surface area contributed by atoms with Gasteiger partial charge < -0.3 is 19.5 Å². The highest BCUT2D eigenvalue weighted by Gasteiger charge is 2.29. The molecule has 1 saturated carbocycles. The van der Waals surface area contributed by atoms with Gasteiger partial charge in [-0.1, -0.05) is 12.1 Å². The van der Waals surface area contributed by atoms with E-state index in [0.717, 1.165) is 19.3 Å². The monoisotopic (exact) mass is 446 g/mol. The maximum atomic E-state index is 12.1. The summed E-state index contributed by atoms with van der Waals surface area (Å²) in [6.07, 6.45) is 4.49. The van der Waals surface area contributed by atoms with Gasteiger partial charge in [-0.2, -0.15) is 0 Å². The molecule has 2 atom stereocenters. The molecule has 11 nitrogen and oxygen atoms in total. The molecule has 32 heavy (non-hydrogen) atoms. The number of hydrogen-bond acceptors (Lipinski definition) is 8. The molecule has 1 amide bonds. The second-order valence-corrected chi connectivity index (χ2v) is 8.07. The molecule has 0 spiro atoms. The average Bonchev–Trinajstić information content (AvgIpc) is 3.14. The molecule has 1 aliphatic rings. The lowest BCUT2D eigenvalue weighted by molar-refractivity contribution is -0.143. The number of ether oxygens (including phenoxy) is 2. The van der Waals surface area contributed by atoms with Crippen LogP contribution in [0.5, 0.6) is 5.88 Å². The average molecular weight is 447 g/mol. The number of hydrogen-bond donors (Lipinski definition) is 1. The van der Waals surface area contributed by atoms with Crippen molar-refractivity contribution >= 4 is 12.1 Å². The molecule has 1 fully saturated rings. The van der Waals surface area contributed by atoms with Gasteiger partial charge in [0.25, 0.3) is 0 Å². The Hall–Kier alpha value is -3.24. The van der Waals surface area contributed by atoms with Crippen molar-refractivity contribution in [3.8, 4) is 17.3 Å². The van der Waals surface area contributed by atoms with Crippen LogP contribution in [-0.4, -0.2) is 66.7 Å². The van der Waals surface area contributed by atoms with Crippen LogP contribution < -0.4 is 4.74 Å². The topological polar surface area (TPSA) is 133 Å². The van der Waals surface area contributed by atoms with E-state index in [-0.39, 0.29) is 18.6 Å². The van der Waals surface area contributed by atoms with Crippen molar-refractivity contribution < 1.29 is 24.2 Å². The van der Waals surface area contributed by atoms with Crippen molar-refractivity contribution in [1.29, 1.82) is 0 Å². The van der Waals surface area contributed by atoms with Crippen LogP contribution in [-0.2, 0) is 23.2 Å². The first-order valence-corrected chi connectivity index (χ1v) is 10.8. The third kappa shape index (κ3) is 5.51. The molecule has 3 rings (SSSR count). The Balaban J connectivity index is 1.71. The van der Waals surface area contributed by atoms with E-state index < -0.39 is 12.1 Å². The molecule has 2 unspecified atom stereocenters. The fourth-order valence-electron chi connectivity index (χ4n) is 3.74. The largest absolute Gasteiger partial charge is 0.481 e. The molecule has 1 N–H and O–H groups in total. The number of aliphatic carboxylic acids is 1. The first-order chi connectivity index (χ1) is 15.3. The molecule has 0 radical (unpaired) electrons. The molecule has 11 heteroatoms. The fourth-order valence-corrected chi connectivity index (χ4v) is 3.74. The molecule has 0 aliphatic heterocycles. The van der Waals surface area contributed by atoms with Gasteiger partial charge in [0.1, 0.15) is 35.5 Å². The van der Waals surface area contributed by atoms with Gasteiger partial charge in [-0.05, 0) is 39.0 Å². The summed E-state index contributed by atoms with van der Waals surface area (Å²) in [5.74, 6) is -0.793. The van der Waals surface area contributed by atoms with E-state index in [9.17, 15) is 14.7 Å². The second kappa shape index (κ2) is 10.4. The van der Waals surface area contributed by atoms with Crippen molar-refractivity contribution in [1.82, 2.24) is 29.9 Å². The number of aromatic nitrogens is 5. The highest BCUT2D eigenvalue weighted by molar-refractivity contribution is 5.70. The van der Waals surface area contributed by atoms with Gasteiger partial charge in [0.2, 0.25) is 5.88 Å². The number of carboxylic acid groups (broad SMARTS) is 1. The van der Waals surface area contributed by atoms with Gasteiger partial charge in [0.05, 0.1) is 12.1 Å². The van der Waals surface area contributed by atoms with E-state index in [1.54, 1.807) is 27.2 Å². The Morgan fingerprint density at radius 1 is 1.34 bits per heavy atom. The zero-order valence-electron chi connectivity index (χ0n) is 18.9. The molecule has 0 bridgehead atoms. The van der Waals surface area contributed by atoms with E-state index in [2.05, 4.69) is 20.3 Å². The molecule has 1 aliphatic carbocycles. The normalized spacial score (nSPS) is 18.2. The smallest absolute Gasteiger partial charge is 0.409 e. The lowest BCUT2D eigenvalue weighted by atomic mass is 9.87. The minimum Gasteiger partial charge on any atom is -0.481 e. The van der Waals surface area contributed by atoms with E-state index >= 15 is 0 Å². The number of nitrogens with zero attached hydrogens (tertiary/aromatic N) is 6. The number of rotatable bonds is 8. The van der Waals surface area contributed by atoms with Gasteiger partial charge >= 0.3 is 12.1 Å². The van der Waals surface area contributed by atoms with Crippen LogP contribution in [0.25, 0.3) is 11.4 Å². The van der Waals surface area contributed by atoms with E-state index in [1.165, 1.54) is 9.58 Å². The number of amides is 1. The van der Waals surface area contributed by atoms with Crippen molar-refractivity contribution in [3.05, 3.63) is 17.6 Å². The summed E-state index contributed by atoms with van der Waals surface area (Å²) in [6, 6.07) is 0. The Bertz CT molecular complexity index is 962. The lowest BCUT2D eigenvalue weighted by Crippen LogP contribution is -2.30. The number of aryl methyl sites for hydroxylation is 2. The predicted molar refractivity (Wildman–Crippen MR) is 114 cm³/mol. The molecule has 2 aromatic rings. The van der Waals surface area contributed by atoms with Crippen LogP contribution in [0.15, 0.2) is 6.20 Å².